The number of nitrogens with two attached hydrogens (primary N) is 1. The maximum absolute atomic E-state index is 12.7. The van der Waals surface area contributed by atoms with Gasteiger partial charge in [-0.2, -0.15) is 0 Å². The first kappa shape index (κ1) is 14.4. The number of amides is 1. The Kier molecular flexibility index (Phi) is 3.91. The Morgan fingerprint density at radius 3 is 2.81 bits per heavy atom. The first-order valence-corrected chi connectivity index (χ1v) is 7.84. The summed E-state index contributed by atoms with van der Waals surface area (Å²) in [6, 6.07) is 11.2. The Labute approximate surface area is 136 Å². The number of halogens is 2. The van der Waals surface area contributed by atoms with Crippen LogP contribution in [0, 0.1) is 0 Å². The van der Waals surface area contributed by atoms with E-state index in [1.807, 2.05) is 35.2 Å². The van der Waals surface area contributed by atoms with E-state index in [1.54, 1.807) is 6.07 Å². The molecule has 5 heteroatoms. The van der Waals surface area contributed by atoms with Gasteiger partial charge in [-0.15, -0.1) is 0 Å². The second-order valence-corrected chi connectivity index (χ2v) is 6.30. The van der Waals surface area contributed by atoms with E-state index in [0.717, 1.165) is 27.7 Å². The van der Waals surface area contributed by atoms with Gasteiger partial charge in [-0.3, -0.25) is 4.79 Å². The van der Waals surface area contributed by atoms with Crippen LogP contribution < -0.4 is 5.73 Å². The third-order valence-electron chi connectivity index (χ3n) is 3.77. The summed E-state index contributed by atoms with van der Waals surface area (Å²) >= 11 is 9.57. The number of rotatable bonds is 1. The number of carbonyl (C=O) groups is 1. The van der Waals surface area contributed by atoms with Gasteiger partial charge in [0.1, 0.15) is 0 Å². The zero-order chi connectivity index (χ0) is 15.0. The standard InChI is InChI=1S/C16H14BrClN2O/c17-13-5-2-4-12(15(13)18)16(21)20-8-7-11-10(9-20)3-1-6-14(11)19/h1-6H,7-9,19H2. The van der Waals surface area contributed by atoms with Crippen LogP contribution in [0.5, 0.6) is 0 Å². The Hall–Kier alpha value is -1.52. The first-order chi connectivity index (χ1) is 10.1. The Bertz CT molecular complexity index is 717. The van der Waals surface area contributed by atoms with Crippen LogP contribution in [0.2, 0.25) is 5.02 Å². The molecule has 0 saturated carbocycles. The third kappa shape index (κ3) is 2.65. The van der Waals surface area contributed by atoms with Crippen molar-refractivity contribution in [1.82, 2.24) is 4.90 Å². The van der Waals surface area contributed by atoms with E-state index in [-0.39, 0.29) is 5.91 Å². The molecule has 0 unspecified atom stereocenters. The highest BCUT2D eigenvalue weighted by Crippen LogP contribution is 2.29. The number of hydrogen-bond donors (Lipinski definition) is 1. The van der Waals surface area contributed by atoms with Crippen molar-refractivity contribution in [1.29, 1.82) is 0 Å². The van der Waals surface area contributed by atoms with Crippen molar-refractivity contribution >= 4 is 39.1 Å². The molecule has 1 aliphatic rings. The number of fused-ring (bicyclic) bond motifs is 1. The van der Waals surface area contributed by atoms with E-state index in [4.69, 9.17) is 17.3 Å². The highest BCUT2D eigenvalue weighted by molar-refractivity contribution is 9.10. The summed E-state index contributed by atoms with van der Waals surface area (Å²) in [5.41, 5.74) is 9.59. The number of nitrogen functional groups attached to an aromatic ring is 1. The second kappa shape index (κ2) is 5.70. The molecule has 0 fully saturated rings. The summed E-state index contributed by atoms with van der Waals surface area (Å²) in [5.74, 6) is -0.0469. The smallest absolute Gasteiger partial charge is 0.255 e. The minimum atomic E-state index is -0.0469. The molecule has 0 aromatic heterocycles. The fourth-order valence-electron chi connectivity index (χ4n) is 2.65. The van der Waals surface area contributed by atoms with Gasteiger partial charge in [-0.1, -0.05) is 29.8 Å². The van der Waals surface area contributed by atoms with Gasteiger partial charge in [0, 0.05) is 23.2 Å². The predicted octanol–water partition coefficient (Wildman–Crippen LogP) is 3.88. The van der Waals surface area contributed by atoms with Crippen molar-refractivity contribution in [2.75, 3.05) is 12.3 Å². The summed E-state index contributed by atoms with van der Waals surface area (Å²) in [5, 5.41) is 0.459. The second-order valence-electron chi connectivity index (χ2n) is 5.06. The Morgan fingerprint density at radius 1 is 1.24 bits per heavy atom. The van der Waals surface area contributed by atoms with E-state index in [1.165, 1.54) is 0 Å². The van der Waals surface area contributed by atoms with Gasteiger partial charge in [-0.25, -0.2) is 0 Å². The van der Waals surface area contributed by atoms with Crippen LogP contribution in [0.25, 0.3) is 0 Å². The maximum atomic E-state index is 12.7. The predicted molar refractivity (Wildman–Crippen MR) is 88.5 cm³/mol. The van der Waals surface area contributed by atoms with Crippen LogP contribution in [0.4, 0.5) is 5.69 Å². The summed E-state index contributed by atoms with van der Waals surface area (Å²) in [7, 11) is 0. The van der Waals surface area contributed by atoms with Gasteiger partial charge in [0.05, 0.1) is 10.6 Å². The van der Waals surface area contributed by atoms with Crippen LogP contribution in [0.1, 0.15) is 21.5 Å². The maximum Gasteiger partial charge on any atom is 0.255 e. The summed E-state index contributed by atoms with van der Waals surface area (Å²) in [6.45, 7) is 1.23. The van der Waals surface area contributed by atoms with E-state index in [0.29, 0.717) is 23.7 Å². The number of nitrogens with zero attached hydrogens (tertiary/aromatic N) is 1. The zero-order valence-corrected chi connectivity index (χ0v) is 13.6. The normalized spacial score (nSPS) is 13.9. The van der Waals surface area contributed by atoms with Crippen LogP contribution in [-0.2, 0) is 13.0 Å². The number of carbonyl (C=O) groups excluding carboxylic acids is 1. The number of hydrogen-bond acceptors (Lipinski definition) is 2. The largest absolute Gasteiger partial charge is 0.398 e. The lowest BCUT2D eigenvalue weighted by Crippen LogP contribution is -2.36. The molecule has 0 spiro atoms. The topological polar surface area (TPSA) is 46.3 Å². The molecule has 0 bridgehead atoms. The average molecular weight is 366 g/mol. The summed E-state index contributed by atoms with van der Waals surface area (Å²) < 4.78 is 0.733. The molecule has 1 amide bonds. The van der Waals surface area contributed by atoms with Crippen molar-refractivity contribution in [2.24, 2.45) is 0 Å². The first-order valence-electron chi connectivity index (χ1n) is 6.67. The van der Waals surface area contributed by atoms with Gasteiger partial charge in [-0.05, 0) is 51.7 Å². The monoisotopic (exact) mass is 364 g/mol. The fraction of sp³-hybridized carbons (Fsp3) is 0.188. The van der Waals surface area contributed by atoms with Crippen molar-refractivity contribution in [2.45, 2.75) is 13.0 Å². The van der Waals surface area contributed by atoms with Gasteiger partial charge >= 0.3 is 0 Å². The molecule has 21 heavy (non-hydrogen) atoms. The molecular weight excluding hydrogens is 352 g/mol. The molecule has 3 rings (SSSR count). The fourth-order valence-corrected chi connectivity index (χ4v) is 3.22. The van der Waals surface area contributed by atoms with E-state index >= 15 is 0 Å². The Balaban J connectivity index is 1.89. The van der Waals surface area contributed by atoms with Gasteiger partial charge in [0.2, 0.25) is 0 Å². The van der Waals surface area contributed by atoms with Crippen LogP contribution in [0.15, 0.2) is 40.9 Å². The molecule has 1 heterocycles. The lowest BCUT2D eigenvalue weighted by atomic mass is 9.97. The Morgan fingerprint density at radius 2 is 2.00 bits per heavy atom. The minimum Gasteiger partial charge on any atom is -0.398 e. The average Bonchev–Trinajstić information content (AvgIpc) is 2.49. The molecule has 0 atom stereocenters. The lowest BCUT2D eigenvalue weighted by molar-refractivity contribution is 0.0735. The van der Waals surface area contributed by atoms with Crippen LogP contribution in [-0.4, -0.2) is 17.4 Å². The van der Waals surface area contributed by atoms with Crippen LogP contribution in [0.3, 0.4) is 0 Å². The highest BCUT2D eigenvalue weighted by atomic mass is 79.9. The molecule has 1 aliphatic heterocycles. The van der Waals surface area contributed by atoms with Crippen molar-refractivity contribution in [3.63, 3.8) is 0 Å². The van der Waals surface area contributed by atoms with E-state index in [9.17, 15) is 4.79 Å². The van der Waals surface area contributed by atoms with Crippen molar-refractivity contribution < 1.29 is 4.79 Å². The molecule has 3 nitrogen and oxygen atoms in total. The van der Waals surface area contributed by atoms with Gasteiger partial charge in [0.25, 0.3) is 5.91 Å². The zero-order valence-electron chi connectivity index (χ0n) is 11.3. The van der Waals surface area contributed by atoms with Crippen molar-refractivity contribution in [3.8, 4) is 0 Å². The minimum absolute atomic E-state index is 0.0469. The van der Waals surface area contributed by atoms with E-state index < -0.39 is 0 Å². The third-order valence-corrected chi connectivity index (χ3v) is 5.07. The van der Waals surface area contributed by atoms with Gasteiger partial charge < -0.3 is 10.6 Å². The molecule has 0 aliphatic carbocycles. The molecule has 108 valence electrons. The molecule has 2 aromatic rings. The number of benzene rings is 2. The van der Waals surface area contributed by atoms with E-state index in [2.05, 4.69) is 15.9 Å². The summed E-state index contributed by atoms with van der Waals surface area (Å²) in [6.07, 6.45) is 0.777. The molecule has 2 aromatic carbocycles. The highest BCUT2D eigenvalue weighted by Gasteiger charge is 2.24. The SMILES string of the molecule is Nc1cccc2c1CCN(C(=O)c1cccc(Br)c1Cl)C2. The van der Waals surface area contributed by atoms with Crippen LogP contribution >= 0.6 is 27.5 Å². The molecule has 0 radical (unpaired) electrons. The van der Waals surface area contributed by atoms with Gasteiger partial charge in [0.15, 0.2) is 0 Å². The number of anilines is 1. The lowest BCUT2D eigenvalue weighted by Gasteiger charge is -2.30. The summed E-state index contributed by atoms with van der Waals surface area (Å²) in [4.78, 5) is 14.5. The molecule has 2 N–H and O–H groups in total. The quantitative estimate of drug-likeness (QED) is 0.780. The van der Waals surface area contributed by atoms with Crippen molar-refractivity contribution in [3.05, 3.63) is 62.6 Å². The molecule has 0 saturated heterocycles. The molecular formula is C16H14BrClN2O.